The molecular weight excluding hydrogens is 490 g/mol. The molecule has 3 aliphatic heterocycles. The minimum absolute atomic E-state index is 0.0995. The van der Waals surface area contributed by atoms with Gasteiger partial charge in [-0.1, -0.05) is 6.07 Å². The number of alkyl halides is 3. The molecule has 2 aliphatic carbocycles. The Bertz CT molecular complexity index is 1210. The van der Waals surface area contributed by atoms with Crippen LogP contribution in [-0.4, -0.2) is 70.4 Å². The highest BCUT2D eigenvalue weighted by atomic mass is 19.4. The van der Waals surface area contributed by atoms with Crippen molar-refractivity contribution in [1.29, 1.82) is 0 Å². The molecule has 2 spiro atoms. The number of rotatable bonds is 4. The van der Waals surface area contributed by atoms with Crippen molar-refractivity contribution >= 4 is 6.03 Å². The number of amides is 2. The maximum atomic E-state index is 14.2. The second-order valence-corrected chi connectivity index (χ2v) is 12.2. The first-order chi connectivity index (χ1) is 17.6. The zero-order valence-electron chi connectivity index (χ0n) is 20.4. The molecule has 5 fully saturated rings. The summed E-state index contributed by atoms with van der Waals surface area (Å²) in [5, 5.41) is 7.44. The molecule has 2 amide bonds. The van der Waals surface area contributed by atoms with Gasteiger partial charge in [0.2, 0.25) is 0 Å². The molecule has 5 aliphatic rings. The Balaban J connectivity index is 0.846. The predicted octanol–water partition coefficient (Wildman–Crippen LogP) is 4.33. The summed E-state index contributed by atoms with van der Waals surface area (Å²) in [4.78, 5) is 21.4. The molecule has 0 radical (unpaired) electrons. The molecule has 1 aromatic carbocycles. The molecule has 2 aromatic rings. The van der Waals surface area contributed by atoms with Crippen LogP contribution in [0.2, 0.25) is 0 Å². The number of carbonyl (C=O) groups is 1. The van der Waals surface area contributed by atoms with Crippen LogP contribution in [0.4, 0.5) is 22.4 Å². The number of benzene rings is 1. The van der Waals surface area contributed by atoms with E-state index in [1.807, 2.05) is 9.80 Å². The number of ether oxygens (including phenoxy) is 1. The number of halogens is 4. The van der Waals surface area contributed by atoms with E-state index < -0.39 is 17.6 Å². The number of aromatic amines is 1. The molecule has 1 N–H and O–H groups in total. The molecule has 198 valence electrons. The first-order valence-electron chi connectivity index (χ1n) is 13.0. The monoisotopic (exact) mass is 519 g/mol. The number of hydrogen-bond acceptors (Lipinski definition) is 4. The van der Waals surface area contributed by atoms with Gasteiger partial charge < -0.3 is 14.5 Å². The highest BCUT2D eigenvalue weighted by molar-refractivity contribution is 5.77. The smallest absolute Gasteiger partial charge is 0.380 e. The first kappa shape index (κ1) is 23.4. The van der Waals surface area contributed by atoms with Gasteiger partial charge in [0.15, 0.2) is 5.82 Å². The number of likely N-dealkylation sites (tertiary alicyclic amines) is 2. The number of nitrogens with zero attached hydrogens (tertiary/aromatic N) is 4. The van der Waals surface area contributed by atoms with Gasteiger partial charge in [0, 0.05) is 42.9 Å². The van der Waals surface area contributed by atoms with Crippen LogP contribution in [0.3, 0.4) is 0 Å². The number of H-pyrrole nitrogens is 1. The molecule has 7 rings (SSSR count). The largest absolute Gasteiger partial charge is 0.416 e. The summed E-state index contributed by atoms with van der Waals surface area (Å²) in [5.41, 5.74) is -0.308. The van der Waals surface area contributed by atoms with E-state index in [9.17, 15) is 22.4 Å². The van der Waals surface area contributed by atoms with Crippen LogP contribution >= 0.6 is 0 Å². The maximum absolute atomic E-state index is 14.2. The lowest BCUT2D eigenvalue weighted by molar-refractivity contribution is -0.137. The summed E-state index contributed by atoms with van der Waals surface area (Å²) < 4.78 is 57.7. The fraction of sp³-hybridized carbons (Fsp3) is 0.654. The summed E-state index contributed by atoms with van der Waals surface area (Å²) in [6.07, 6.45) is -0.275. The standard InChI is InChI=1S/C26H29F4N5O2/c27-20-4-19(26(28,29)30)2-1-16(20)3-15-5-24(6-15)11-34(12-24)23(36)35-13-25(14-35)7-17(8-25)21-31-22(33-32-21)18-9-37-10-18/h1-2,4,15,17-18H,3,5-14H2,(H,31,32,33). The first-order valence-corrected chi connectivity index (χ1v) is 13.0. The van der Waals surface area contributed by atoms with Crippen LogP contribution < -0.4 is 0 Å². The number of hydrogen-bond donors (Lipinski definition) is 1. The van der Waals surface area contributed by atoms with Crippen LogP contribution in [0.25, 0.3) is 0 Å². The van der Waals surface area contributed by atoms with Crippen molar-refractivity contribution in [3.05, 3.63) is 46.8 Å². The Morgan fingerprint density at radius 1 is 1.03 bits per heavy atom. The van der Waals surface area contributed by atoms with E-state index in [-0.39, 0.29) is 22.8 Å². The van der Waals surface area contributed by atoms with Gasteiger partial charge in [0.05, 0.1) is 24.7 Å². The van der Waals surface area contributed by atoms with Crippen molar-refractivity contribution in [2.45, 2.75) is 50.1 Å². The third-order valence-corrected chi connectivity index (χ3v) is 9.25. The van der Waals surface area contributed by atoms with E-state index in [1.54, 1.807) is 0 Å². The summed E-state index contributed by atoms with van der Waals surface area (Å²) in [5.74, 6) is 1.96. The third-order valence-electron chi connectivity index (χ3n) is 9.25. The zero-order chi connectivity index (χ0) is 25.6. The summed E-state index contributed by atoms with van der Waals surface area (Å²) in [6, 6.07) is 2.90. The van der Waals surface area contributed by atoms with E-state index >= 15 is 0 Å². The van der Waals surface area contributed by atoms with E-state index in [1.165, 1.54) is 6.07 Å². The van der Waals surface area contributed by atoms with Crippen LogP contribution in [0, 0.1) is 22.6 Å². The number of nitrogens with one attached hydrogen (secondary N) is 1. The van der Waals surface area contributed by atoms with Crippen LogP contribution in [0.5, 0.6) is 0 Å². The Kier molecular flexibility index (Phi) is 5.01. The molecule has 3 saturated heterocycles. The van der Waals surface area contributed by atoms with Gasteiger partial charge in [-0.2, -0.15) is 18.3 Å². The summed E-state index contributed by atoms with van der Waals surface area (Å²) >= 11 is 0. The zero-order valence-corrected chi connectivity index (χ0v) is 20.4. The van der Waals surface area contributed by atoms with Gasteiger partial charge in [-0.25, -0.2) is 14.2 Å². The highest BCUT2D eigenvalue weighted by Crippen LogP contribution is 2.57. The molecular formula is C26H29F4N5O2. The Labute approximate surface area is 211 Å². The quantitative estimate of drug-likeness (QED) is 0.611. The van der Waals surface area contributed by atoms with Crippen molar-refractivity contribution in [1.82, 2.24) is 25.0 Å². The second kappa shape index (κ2) is 7.91. The van der Waals surface area contributed by atoms with Gasteiger partial charge in [-0.15, -0.1) is 0 Å². The second-order valence-electron chi connectivity index (χ2n) is 12.2. The maximum Gasteiger partial charge on any atom is 0.416 e. The molecule has 1 aromatic heterocycles. The van der Waals surface area contributed by atoms with Gasteiger partial charge in [0.1, 0.15) is 11.6 Å². The van der Waals surface area contributed by atoms with E-state index in [4.69, 9.17) is 4.74 Å². The fourth-order valence-electron chi connectivity index (χ4n) is 7.24. The summed E-state index contributed by atoms with van der Waals surface area (Å²) in [6.45, 7) is 4.40. The van der Waals surface area contributed by atoms with Crippen molar-refractivity contribution in [3.63, 3.8) is 0 Å². The molecule has 2 saturated carbocycles. The molecule has 0 atom stereocenters. The molecule has 0 bridgehead atoms. The van der Waals surface area contributed by atoms with Crippen LogP contribution in [0.15, 0.2) is 18.2 Å². The van der Waals surface area contributed by atoms with Crippen LogP contribution in [-0.2, 0) is 17.3 Å². The molecule has 7 nitrogen and oxygen atoms in total. The van der Waals surface area contributed by atoms with Crippen LogP contribution in [0.1, 0.15) is 60.3 Å². The Hall–Kier alpha value is -2.69. The number of urea groups is 1. The average Bonchev–Trinajstić information content (AvgIpc) is 3.14. The lowest BCUT2D eigenvalue weighted by atomic mass is 9.56. The third kappa shape index (κ3) is 3.92. The highest BCUT2D eigenvalue weighted by Gasteiger charge is 2.58. The molecule has 4 heterocycles. The lowest BCUT2D eigenvalue weighted by Gasteiger charge is -2.63. The van der Waals surface area contributed by atoms with Gasteiger partial charge >= 0.3 is 12.2 Å². The topological polar surface area (TPSA) is 74.3 Å². The van der Waals surface area contributed by atoms with Gasteiger partial charge in [-0.3, -0.25) is 5.10 Å². The predicted molar refractivity (Wildman–Crippen MR) is 123 cm³/mol. The lowest BCUT2D eigenvalue weighted by Crippen LogP contribution is -2.71. The minimum atomic E-state index is -4.54. The SMILES string of the molecule is O=C(N1CC2(CC(Cc3ccc(C(F)(F)F)cc3F)C2)C1)N1CC2(CC(c3nc(C4COC4)n[nH]3)C2)C1. The van der Waals surface area contributed by atoms with E-state index in [0.29, 0.717) is 43.1 Å². The fourth-order valence-corrected chi connectivity index (χ4v) is 7.24. The van der Waals surface area contributed by atoms with Crippen molar-refractivity contribution in [2.75, 3.05) is 39.4 Å². The number of aromatic nitrogens is 3. The summed E-state index contributed by atoms with van der Waals surface area (Å²) in [7, 11) is 0. The van der Waals surface area contributed by atoms with Gasteiger partial charge in [0.25, 0.3) is 0 Å². The Morgan fingerprint density at radius 3 is 2.24 bits per heavy atom. The van der Waals surface area contributed by atoms with Crippen molar-refractivity contribution in [3.8, 4) is 0 Å². The minimum Gasteiger partial charge on any atom is -0.380 e. The number of carbonyl (C=O) groups excluding carboxylic acids is 1. The van der Waals surface area contributed by atoms with Crippen molar-refractivity contribution < 1.29 is 27.1 Å². The molecule has 37 heavy (non-hydrogen) atoms. The van der Waals surface area contributed by atoms with Crippen molar-refractivity contribution in [2.24, 2.45) is 16.7 Å². The van der Waals surface area contributed by atoms with E-state index in [0.717, 1.165) is 69.6 Å². The molecule has 11 heteroatoms. The Morgan fingerprint density at radius 2 is 1.68 bits per heavy atom. The normalized spacial score (nSPS) is 24.9. The van der Waals surface area contributed by atoms with Gasteiger partial charge in [-0.05, 0) is 55.7 Å². The van der Waals surface area contributed by atoms with E-state index in [2.05, 4.69) is 15.2 Å². The molecule has 0 unspecified atom stereocenters. The average molecular weight is 520 g/mol.